The number of benzene rings is 3. The second-order valence-corrected chi connectivity index (χ2v) is 13.2. The van der Waals surface area contributed by atoms with Crippen molar-refractivity contribution in [1.29, 1.82) is 0 Å². The predicted octanol–water partition coefficient (Wildman–Crippen LogP) is 9.98. The number of rotatable bonds is 7. The van der Waals surface area contributed by atoms with Gasteiger partial charge in [0.1, 0.15) is 16.2 Å². The number of hydrogen-bond donors (Lipinski definition) is 1. The summed E-state index contributed by atoms with van der Waals surface area (Å²) in [5.74, 6) is 0.796. The van der Waals surface area contributed by atoms with Crippen LogP contribution in [-0.2, 0) is 11.8 Å². The van der Waals surface area contributed by atoms with E-state index < -0.39 is 0 Å². The number of nitrogens with one attached hydrogen (secondary N) is 1. The maximum absolute atomic E-state index is 6.74. The van der Waals surface area contributed by atoms with Crippen molar-refractivity contribution in [1.82, 2.24) is 15.0 Å². The van der Waals surface area contributed by atoms with Crippen LogP contribution in [0.25, 0.3) is 17.1 Å². The third-order valence-electron chi connectivity index (χ3n) is 7.52. The molecule has 2 aliphatic rings. The fourth-order valence-electron chi connectivity index (χ4n) is 5.42. The van der Waals surface area contributed by atoms with Crippen molar-refractivity contribution in [2.75, 3.05) is 0 Å². The van der Waals surface area contributed by atoms with E-state index >= 15 is 0 Å². The summed E-state index contributed by atoms with van der Waals surface area (Å²) in [6.45, 7) is 2.19. The standard InChI is InChI=1S/C30H26BrCl3N4S/c1-2-4-25-26(28-36-37-29(39-28)30(15-3-16-30)18-5-9-20(32)10-6-18)35-27(23-14-11-21(33)17-24(23)34)38(25)22-12-7-19(31)8-13-22/h5-14,17,28,36H,2-4,15-16H2,1H3. The van der Waals surface area contributed by atoms with Gasteiger partial charge in [-0.15, -0.1) is 0 Å². The molecule has 1 N–H and O–H groups in total. The van der Waals surface area contributed by atoms with Crippen LogP contribution >= 0.6 is 62.5 Å². The molecule has 1 aliphatic carbocycles. The van der Waals surface area contributed by atoms with Gasteiger partial charge >= 0.3 is 0 Å². The lowest BCUT2D eigenvalue weighted by Gasteiger charge is -2.41. The van der Waals surface area contributed by atoms with Crippen molar-refractivity contribution < 1.29 is 0 Å². The highest BCUT2D eigenvalue weighted by Gasteiger charge is 2.47. The fraction of sp³-hybridized carbons (Fsp3) is 0.267. The minimum atomic E-state index is -0.104. The van der Waals surface area contributed by atoms with E-state index in [-0.39, 0.29) is 10.8 Å². The smallest absolute Gasteiger partial charge is 0.146 e. The molecule has 1 fully saturated rings. The topological polar surface area (TPSA) is 42.2 Å². The quantitative estimate of drug-likeness (QED) is 0.215. The molecule has 2 heterocycles. The molecule has 1 saturated carbocycles. The number of thioether (sulfide) groups is 1. The molecule has 0 spiro atoms. The molecule has 200 valence electrons. The van der Waals surface area contributed by atoms with Crippen LogP contribution in [0.15, 0.2) is 76.3 Å². The van der Waals surface area contributed by atoms with Gasteiger partial charge in [-0.25, -0.2) is 4.98 Å². The zero-order valence-corrected chi connectivity index (χ0v) is 25.9. The zero-order valence-electron chi connectivity index (χ0n) is 21.2. The molecule has 4 nitrogen and oxygen atoms in total. The molecular formula is C30H26BrCl3N4S. The molecule has 1 aliphatic heterocycles. The predicted molar refractivity (Wildman–Crippen MR) is 169 cm³/mol. The Balaban J connectivity index is 1.43. The van der Waals surface area contributed by atoms with Gasteiger partial charge in [-0.2, -0.15) is 5.10 Å². The van der Waals surface area contributed by atoms with Crippen LogP contribution < -0.4 is 5.43 Å². The molecule has 4 aromatic rings. The summed E-state index contributed by atoms with van der Waals surface area (Å²) in [5.41, 5.74) is 8.64. The maximum atomic E-state index is 6.74. The molecule has 1 unspecified atom stereocenters. The first kappa shape index (κ1) is 27.2. The Morgan fingerprint density at radius 1 is 1.00 bits per heavy atom. The van der Waals surface area contributed by atoms with Crippen molar-refractivity contribution in [3.63, 3.8) is 0 Å². The Hall–Kier alpha value is -1.96. The number of aromatic nitrogens is 2. The summed E-state index contributed by atoms with van der Waals surface area (Å²) in [5, 5.41) is 7.84. The van der Waals surface area contributed by atoms with E-state index in [1.54, 1.807) is 17.8 Å². The lowest BCUT2D eigenvalue weighted by Crippen LogP contribution is -2.40. The summed E-state index contributed by atoms with van der Waals surface area (Å²) >= 11 is 24.5. The van der Waals surface area contributed by atoms with Crippen molar-refractivity contribution in [3.8, 4) is 17.1 Å². The normalized spacial score (nSPS) is 18.0. The van der Waals surface area contributed by atoms with Crippen LogP contribution in [0.2, 0.25) is 15.1 Å². The molecule has 39 heavy (non-hydrogen) atoms. The third kappa shape index (κ3) is 5.04. The van der Waals surface area contributed by atoms with Gasteiger partial charge in [0.25, 0.3) is 0 Å². The summed E-state index contributed by atoms with van der Waals surface area (Å²) < 4.78 is 3.26. The largest absolute Gasteiger partial charge is 0.296 e. The van der Waals surface area contributed by atoms with Gasteiger partial charge in [-0.3, -0.25) is 9.99 Å². The molecule has 1 atom stereocenters. The summed E-state index contributed by atoms with van der Waals surface area (Å²) in [4.78, 5) is 5.26. The average molecular weight is 661 g/mol. The van der Waals surface area contributed by atoms with E-state index in [1.165, 1.54) is 12.0 Å². The molecule has 0 bridgehead atoms. The average Bonchev–Trinajstić information content (AvgIpc) is 3.51. The van der Waals surface area contributed by atoms with Gasteiger partial charge < -0.3 is 0 Å². The molecule has 6 rings (SSSR count). The first-order valence-electron chi connectivity index (χ1n) is 13.0. The number of hydrazone groups is 1. The highest BCUT2D eigenvalue weighted by molar-refractivity contribution is 9.10. The van der Waals surface area contributed by atoms with Gasteiger partial charge in [-0.05, 0) is 79.4 Å². The van der Waals surface area contributed by atoms with Crippen LogP contribution in [0.1, 0.15) is 54.9 Å². The second kappa shape index (κ2) is 11.1. The van der Waals surface area contributed by atoms with Gasteiger partial charge in [0, 0.05) is 36.9 Å². The molecule has 0 radical (unpaired) electrons. The monoisotopic (exact) mass is 658 g/mol. The minimum Gasteiger partial charge on any atom is -0.296 e. The highest BCUT2D eigenvalue weighted by atomic mass is 79.9. The lowest BCUT2D eigenvalue weighted by atomic mass is 9.65. The highest BCUT2D eigenvalue weighted by Crippen LogP contribution is 2.52. The van der Waals surface area contributed by atoms with Crippen LogP contribution in [0, 0.1) is 0 Å². The Morgan fingerprint density at radius 3 is 2.36 bits per heavy atom. The first-order valence-corrected chi connectivity index (χ1v) is 15.8. The van der Waals surface area contributed by atoms with E-state index in [9.17, 15) is 0 Å². The van der Waals surface area contributed by atoms with Gasteiger partial charge in [-0.1, -0.05) is 94.4 Å². The van der Waals surface area contributed by atoms with E-state index in [1.807, 2.05) is 36.4 Å². The number of nitrogens with zero attached hydrogens (tertiary/aromatic N) is 3. The van der Waals surface area contributed by atoms with Crippen molar-refractivity contribution in [3.05, 3.63) is 103 Å². The van der Waals surface area contributed by atoms with E-state index in [4.69, 9.17) is 44.9 Å². The first-order chi connectivity index (χ1) is 18.9. The number of imidazole rings is 1. The minimum absolute atomic E-state index is 0.0709. The Labute approximate surface area is 256 Å². The fourth-order valence-corrected chi connectivity index (χ4v) is 7.59. The van der Waals surface area contributed by atoms with Crippen molar-refractivity contribution >= 4 is 67.5 Å². The van der Waals surface area contributed by atoms with Crippen LogP contribution in [-0.4, -0.2) is 14.6 Å². The molecule has 0 saturated heterocycles. The summed E-state index contributed by atoms with van der Waals surface area (Å²) in [7, 11) is 0. The number of halogens is 4. The zero-order chi connectivity index (χ0) is 27.1. The van der Waals surface area contributed by atoms with Crippen LogP contribution in [0.4, 0.5) is 0 Å². The van der Waals surface area contributed by atoms with Gasteiger partial charge in [0.05, 0.1) is 10.7 Å². The third-order valence-corrected chi connectivity index (χ3v) is 10.1. The van der Waals surface area contributed by atoms with E-state index in [2.05, 4.69) is 57.1 Å². The maximum Gasteiger partial charge on any atom is 0.146 e. The van der Waals surface area contributed by atoms with Gasteiger partial charge in [0.2, 0.25) is 0 Å². The Kier molecular flexibility index (Phi) is 7.77. The second-order valence-electron chi connectivity index (χ2n) is 9.94. The van der Waals surface area contributed by atoms with Crippen molar-refractivity contribution in [2.45, 2.75) is 49.8 Å². The van der Waals surface area contributed by atoms with E-state index in [0.29, 0.717) is 10.0 Å². The molecule has 0 amide bonds. The Morgan fingerprint density at radius 2 is 1.72 bits per heavy atom. The molecule has 1 aromatic heterocycles. The summed E-state index contributed by atoms with van der Waals surface area (Å²) in [6.07, 6.45) is 5.18. The Bertz CT molecular complexity index is 1550. The molecular weight excluding hydrogens is 635 g/mol. The van der Waals surface area contributed by atoms with Crippen molar-refractivity contribution in [2.24, 2.45) is 5.10 Å². The van der Waals surface area contributed by atoms with Crippen LogP contribution in [0.5, 0.6) is 0 Å². The molecule has 9 heteroatoms. The SMILES string of the molecule is CCCc1c(C2NN=C(C3(c4ccc(Cl)cc4)CCC3)S2)nc(-c2ccc(Cl)cc2Cl)n1-c1ccc(Br)cc1. The molecule has 3 aromatic carbocycles. The van der Waals surface area contributed by atoms with E-state index in [0.717, 1.165) is 68.7 Å². The lowest BCUT2D eigenvalue weighted by molar-refractivity contribution is 0.344. The van der Waals surface area contributed by atoms with Crippen LogP contribution in [0.3, 0.4) is 0 Å². The number of hydrogen-bond acceptors (Lipinski definition) is 4. The summed E-state index contributed by atoms with van der Waals surface area (Å²) in [6, 6.07) is 22.1. The van der Waals surface area contributed by atoms with Gasteiger partial charge in [0.15, 0.2) is 0 Å².